The Labute approximate surface area is 129 Å². The van der Waals surface area contributed by atoms with Crippen molar-refractivity contribution >= 4 is 17.6 Å². The SMILES string of the molecule is Cc1cc2c(c(C)c1Cl)CCC1(CCN(CC(=O)O)C1)O2. The van der Waals surface area contributed by atoms with E-state index < -0.39 is 5.97 Å². The van der Waals surface area contributed by atoms with Gasteiger partial charge in [-0.1, -0.05) is 11.6 Å². The van der Waals surface area contributed by atoms with E-state index in [4.69, 9.17) is 21.4 Å². The van der Waals surface area contributed by atoms with Gasteiger partial charge in [-0.15, -0.1) is 0 Å². The topological polar surface area (TPSA) is 49.8 Å². The van der Waals surface area contributed by atoms with Gasteiger partial charge in [0.1, 0.15) is 11.4 Å². The van der Waals surface area contributed by atoms with Crippen LogP contribution in [-0.4, -0.2) is 41.2 Å². The van der Waals surface area contributed by atoms with Crippen LogP contribution in [0.25, 0.3) is 0 Å². The molecule has 1 unspecified atom stereocenters. The summed E-state index contributed by atoms with van der Waals surface area (Å²) in [6.07, 6.45) is 2.76. The normalized spacial score (nSPS) is 24.9. The molecule has 5 heteroatoms. The largest absolute Gasteiger partial charge is 0.486 e. The molecule has 3 rings (SSSR count). The monoisotopic (exact) mass is 309 g/mol. The maximum Gasteiger partial charge on any atom is 0.317 e. The summed E-state index contributed by atoms with van der Waals surface area (Å²) in [4.78, 5) is 12.8. The van der Waals surface area contributed by atoms with E-state index in [1.165, 1.54) is 5.56 Å². The Bertz CT molecular complexity index is 602. The van der Waals surface area contributed by atoms with Gasteiger partial charge in [0.15, 0.2) is 0 Å². The number of ether oxygens (including phenoxy) is 1. The zero-order chi connectivity index (χ0) is 15.2. The summed E-state index contributed by atoms with van der Waals surface area (Å²) in [7, 11) is 0. The van der Waals surface area contributed by atoms with Crippen LogP contribution in [0.2, 0.25) is 5.02 Å². The Balaban J connectivity index is 1.84. The van der Waals surface area contributed by atoms with Gasteiger partial charge in [0.05, 0.1) is 6.54 Å². The number of aliphatic carboxylic acids is 1. The van der Waals surface area contributed by atoms with Gasteiger partial charge in [0.2, 0.25) is 0 Å². The molecule has 0 saturated carbocycles. The minimum Gasteiger partial charge on any atom is -0.486 e. The van der Waals surface area contributed by atoms with E-state index in [2.05, 4.69) is 0 Å². The highest BCUT2D eigenvalue weighted by Gasteiger charge is 2.43. The van der Waals surface area contributed by atoms with E-state index in [9.17, 15) is 4.79 Å². The molecule has 0 aromatic heterocycles. The number of halogens is 1. The highest BCUT2D eigenvalue weighted by Crippen LogP contribution is 2.42. The number of likely N-dealkylation sites (tertiary alicyclic amines) is 1. The molecule has 21 heavy (non-hydrogen) atoms. The van der Waals surface area contributed by atoms with E-state index in [1.807, 2.05) is 24.8 Å². The molecule has 0 bridgehead atoms. The number of rotatable bonds is 2. The fourth-order valence-corrected chi connectivity index (χ4v) is 3.71. The molecule has 0 aliphatic carbocycles. The van der Waals surface area contributed by atoms with E-state index in [-0.39, 0.29) is 12.1 Å². The van der Waals surface area contributed by atoms with Gasteiger partial charge >= 0.3 is 5.97 Å². The molecule has 2 aliphatic rings. The number of carboxylic acids is 1. The number of hydrogen-bond donors (Lipinski definition) is 1. The quantitative estimate of drug-likeness (QED) is 0.912. The molecule has 1 aromatic carbocycles. The summed E-state index contributed by atoms with van der Waals surface area (Å²) in [5.74, 6) is 0.152. The van der Waals surface area contributed by atoms with Crippen molar-refractivity contribution in [1.82, 2.24) is 4.90 Å². The van der Waals surface area contributed by atoms with Crippen LogP contribution < -0.4 is 4.74 Å². The van der Waals surface area contributed by atoms with Crippen LogP contribution in [-0.2, 0) is 11.2 Å². The lowest BCUT2D eigenvalue weighted by Crippen LogP contribution is -2.43. The maximum absolute atomic E-state index is 10.9. The van der Waals surface area contributed by atoms with Crippen LogP contribution in [0.4, 0.5) is 0 Å². The number of hydrogen-bond acceptors (Lipinski definition) is 3. The average Bonchev–Trinajstić information content (AvgIpc) is 2.78. The van der Waals surface area contributed by atoms with E-state index in [0.717, 1.165) is 47.7 Å². The lowest BCUT2D eigenvalue weighted by Gasteiger charge is -2.36. The van der Waals surface area contributed by atoms with Gasteiger partial charge in [0, 0.05) is 24.5 Å². The smallest absolute Gasteiger partial charge is 0.317 e. The first-order valence-corrected chi connectivity index (χ1v) is 7.70. The molecule has 2 heterocycles. The number of carbonyl (C=O) groups is 1. The fraction of sp³-hybridized carbons (Fsp3) is 0.562. The number of aryl methyl sites for hydroxylation is 1. The molecule has 0 amide bonds. The third kappa shape index (κ3) is 2.62. The highest BCUT2D eigenvalue weighted by atomic mass is 35.5. The van der Waals surface area contributed by atoms with E-state index >= 15 is 0 Å². The Hall–Kier alpha value is -1.26. The summed E-state index contributed by atoms with van der Waals surface area (Å²) in [6, 6.07) is 2.02. The summed E-state index contributed by atoms with van der Waals surface area (Å²) >= 11 is 6.32. The molecule has 114 valence electrons. The van der Waals surface area contributed by atoms with Gasteiger partial charge in [-0.05, 0) is 49.4 Å². The minimum atomic E-state index is -0.776. The van der Waals surface area contributed by atoms with Crippen molar-refractivity contribution in [3.05, 3.63) is 27.8 Å². The summed E-state index contributed by atoms with van der Waals surface area (Å²) in [5, 5.41) is 9.75. The van der Waals surface area contributed by atoms with Crippen molar-refractivity contribution in [3.63, 3.8) is 0 Å². The van der Waals surface area contributed by atoms with Crippen molar-refractivity contribution in [2.75, 3.05) is 19.6 Å². The molecule has 0 radical (unpaired) electrons. The molecule has 1 spiro atoms. The third-order valence-corrected chi connectivity index (χ3v) is 5.27. The number of fused-ring (bicyclic) bond motifs is 1. The van der Waals surface area contributed by atoms with Crippen molar-refractivity contribution in [3.8, 4) is 5.75 Å². The molecule has 1 atom stereocenters. The van der Waals surface area contributed by atoms with Crippen LogP contribution in [0.1, 0.15) is 29.5 Å². The van der Waals surface area contributed by atoms with Crippen LogP contribution >= 0.6 is 11.6 Å². The van der Waals surface area contributed by atoms with Crippen LogP contribution in [0.3, 0.4) is 0 Å². The molecular weight excluding hydrogens is 290 g/mol. The van der Waals surface area contributed by atoms with Gasteiger partial charge < -0.3 is 9.84 Å². The number of nitrogens with zero attached hydrogens (tertiary/aromatic N) is 1. The molecule has 1 N–H and O–H groups in total. The first-order valence-electron chi connectivity index (χ1n) is 7.32. The van der Waals surface area contributed by atoms with Gasteiger partial charge in [0.25, 0.3) is 0 Å². The van der Waals surface area contributed by atoms with Crippen molar-refractivity contribution < 1.29 is 14.6 Å². The lowest BCUT2D eigenvalue weighted by atomic mass is 9.88. The van der Waals surface area contributed by atoms with E-state index in [0.29, 0.717) is 6.54 Å². The Morgan fingerprint density at radius 1 is 1.48 bits per heavy atom. The molecule has 1 saturated heterocycles. The Morgan fingerprint density at radius 2 is 2.24 bits per heavy atom. The first kappa shape index (κ1) is 14.7. The zero-order valence-electron chi connectivity index (χ0n) is 12.4. The Kier molecular flexibility index (Phi) is 3.62. The molecular formula is C16H20ClNO3. The molecule has 4 nitrogen and oxygen atoms in total. The van der Waals surface area contributed by atoms with Gasteiger partial charge in [-0.3, -0.25) is 9.69 Å². The van der Waals surface area contributed by atoms with Crippen molar-refractivity contribution in [1.29, 1.82) is 0 Å². The third-order valence-electron chi connectivity index (χ3n) is 4.68. The predicted octanol–water partition coefficient (Wildman–Crippen LogP) is 2.81. The minimum absolute atomic E-state index is 0.0939. The van der Waals surface area contributed by atoms with Gasteiger partial charge in [-0.25, -0.2) is 0 Å². The second-order valence-electron chi connectivity index (χ2n) is 6.25. The maximum atomic E-state index is 10.9. The zero-order valence-corrected chi connectivity index (χ0v) is 13.2. The van der Waals surface area contributed by atoms with Gasteiger partial charge in [-0.2, -0.15) is 0 Å². The second kappa shape index (κ2) is 5.18. The summed E-state index contributed by atoms with van der Waals surface area (Å²) < 4.78 is 6.32. The molecule has 1 aromatic rings. The second-order valence-corrected chi connectivity index (χ2v) is 6.63. The van der Waals surface area contributed by atoms with Crippen molar-refractivity contribution in [2.24, 2.45) is 0 Å². The molecule has 1 fully saturated rings. The Morgan fingerprint density at radius 3 is 2.95 bits per heavy atom. The highest BCUT2D eigenvalue weighted by molar-refractivity contribution is 6.32. The van der Waals surface area contributed by atoms with Crippen LogP contribution in [0, 0.1) is 13.8 Å². The predicted molar refractivity (Wildman–Crippen MR) is 81.3 cm³/mol. The van der Waals surface area contributed by atoms with E-state index in [1.54, 1.807) is 0 Å². The fourth-order valence-electron chi connectivity index (χ4n) is 3.54. The number of carboxylic acid groups (broad SMARTS) is 1. The first-order chi connectivity index (χ1) is 9.90. The van der Waals surface area contributed by atoms with Crippen LogP contribution in [0.15, 0.2) is 6.07 Å². The standard InChI is InChI=1S/C16H20ClNO3/c1-10-7-13-12(11(2)15(10)17)3-4-16(21-13)5-6-18(9-16)8-14(19)20/h7H,3-6,8-9H2,1-2H3,(H,19,20). The van der Waals surface area contributed by atoms with Crippen LogP contribution in [0.5, 0.6) is 5.75 Å². The average molecular weight is 310 g/mol. The van der Waals surface area contributed by atoms with Crippen molar-refractivity contribution in [2.45, 2.75) is 38.7 Å². The summed E-state index contributed by atoms with van der Waals surface area (Å²) in [5.41, 5.74) is 3.12. The number of benzene rings is 1. The molecule has 2 aliphatic heterocycles. The summed E-state index contributed by atoms with van der Waals surface area (Å²) in [6.45, 7) is 5.61. The lowest BCUT2D eigenvalue weighted by molar-refractivity contribution is -0.138.